The average Bonchev–Trinajstić information content (AvgIpc) is 2.97. The second-order valence-corrected chi connectivity index (χ2v) is 3.56. The molecule has 2 aliphatic heterocycles. The number of fused-ring (bicyclic) bond motifs is 1. The van der Waals surface area contributed by atoms with Crippen LogP contribution in [-0.2, 0) is 0 Å². The Labute approximate surface area is 93.0 Å². The molecule has 0 bridgehead atoms. The number of nitrogens with one attached hydrogen (secondary N) is 1. The van der Waals surface area contributed by atoms with E-state index in [1.165, 1.54) is 0 Å². The molecule has 3 rings (SSSR count). The smallest absolute Gasteiger partial charge is 0.231 e. The Kier molecular flexibility index (Phi) is 2.29. The van der Waals surface area contributed by atoms with Crippen LogP contribution in [0.3, 0.4) is 0 Å². The van der Waals surface area contributed by atoms with E-state index in [1.54, 1.807) is 0 Å². The Morgan fingerprint density at radius 3 is 3.12 bits per heavy atom. The molecule has 0 aliphatic carbocycles. The van der Waals surface area contributed by atoms with Crippen molar-refractivity contribution in [3.8, 4) is 17.2 Å². The van der Waals surface area contributed by atoms with E-state index in [0.717, 1.165) is 36.2 Å². The molecule has 1 N–H and O–H groups in total. The number of nitrogens with zero attached hydrogens (tertiary/aromatic N) is 1. The summed E-state index contributed by atoms with van der Waals surface area (Å²) in [5.41, 5.74) is 0. The fraction of sp³-hybridized carbons (Fsp3) is 0.364. The van der Waals surface area contributed by atoms with Gasteiger partial charge in [0.15, 0.2) is 11.5 Å². The van der Waals surface area contributed by atoms with Crippen LogP contribution in [0.25, 0.3) is 0 Å². The van der Waals surface area contributed by atoms with Gasteiger partial charge in [0.1, 0.15) is 18.2 Å². The van der Waals surface area contributed by atoms with Gasteiger partial charge in [0, 0.05) is 12.6 Å². The van der Waals surface area contributed by atoms with E-state index in [2.05, 4.69) is 10.3 Å². The molecular formula is C11H12N2O3. The summed E-state index contributed by atoms with van der Waals surface area (Å²) >= 11 is 0. The van der Waals surface area contributed by atoms with E-state index in [0.29, 0.717) is 6.61 Å². The van der Waals surface area contributed by atoms with Crippen LogP contribution in [0.5, 0.6) is 17.2 Å². The molecule has 1 aromatic rings. The van der Waals surface area contributed by atoms with Crippen LogP contribution in [0.2, 0.25) is 0 Å². The van der Waals surface area contributed by atoms with E-state index in [4.69, 9.17) is 14.2 Å². The number of hydrogen-bond acceptors (Lipinski definition) is 5. The topological polar surface area (TPSA) is 52.1 Å². The summed E-state index contributed by atoms with van der Waals surface area (Å²) in [6, 6.07) is 5.54. The molecule has 0 fully saturated rings. The molecule has 0 saturated carbocycles. The first-order valence-electron chi connectivity index (χ1n) is 5.21. The highest BCUT2D eigenvalue weighted by Gasteiger charge is 2.14. The second kappa shape index (κ2) is 3.92. The highest BCUT2D eigenvalue weighted by Crippen LogP contribution is 2.34. The molecule has 5 nitrogen and oxygen atoms in total. The number of aliphatic imine (C=N–C) groups is 1. The summed E-state index contributed by atoms with van der Waals surface area (Å²) in [6.07, 6.45) is 0. The third-order valence-corrected chi connectivity index (χ3v) is 2.46. The number of ether oxygens (including phenoxy) is 3. The van der Waals surface area contributed by atoms with Crippen molar-refractivity contribution in [2.75, 3.05) is 26.5 Å². The zero-order valence-corrected chi connectivity index (χ0v) is 8.73. The Morgan fingerprint density at radius 1 is 1.31 bits per heavy atom. The first-order valence-corrected chi connectivity index (χ1v) is 5.21. The molecule has 0 amide bonds. The fourth-order valence-corrected chi connectivity index (χ4v) is 1.66. The lowest BCUT2D eigenvalue weighted by atomic mass is 10.3. The Morgan fingerprint density at radius 2 is 2.25 bits per heavy atom. The van der Waals surface area contributed by atoms with Crippen molar-refractivity contribution in [2.24, 2.45) is 4.99 Å². The van der Waals surface area contributed by atoms with Gasteiger partial charge >= 0.3 is 0 Å². The average molecular weight is 220 g/mol. The lowest BCUT2D eigenvalue weighted by molar-refractivity contribution is 0.174. The molecule has 1 aromatic carbocycles. The minimum atomic E-state index is 0.285. The van der Waals surface area contributed by atoms with Crippen molar-refractivity contribution in [3.05, 3.63) is 18.2 Å². The van der Waals surface area contributed by atoms with Crippen molar-refractivity contribution < 1.29 is 14.2 Å². The quantitative estimate of drug-likeness (QED) is 0.818. The molecule has 2 aliphatic rings. The number of hydrogen-bond donors (Lipinski definition) is 1. The van der Waals surface area contributed by atoms with Gasteiger partial charge in [-0.25, -0.2) is 0 Å². The van der Waals surface area contributed by atoms with Crippen molar-refractivity contribution in [1.82, 2.24) is 5.32 Å². The summed E-state index contributed by atoms with van der Waals surface area (Å²) in [7, 11) is 0. The molecule has 2 heterocycles. The largest absolute Gasteiger partial charge is 0.486 e. The van der Waals surface area contributed by atoms with Crippen molar-refractivity contribution in [2.45, 2.75) is 0 Å². The molecular weight excluding hydrogens is 208 g/mol. The zero-order valence-electron chi connectivity index (χ0n) is 8.73. The van der Waals surface area contributed by atoms with Crippen molar-refractivity contribution in [1.29, 1.82) is 0 Å². The monoisotopic (exact) mass is 220 g/mol. The van der Waals surface area contributed by atoms with Gasteiger partial charge in [-0.2, -0.15) is 0 Å². The molecule has 0 atom stereocenters. The summed E-state index contributed by atoms with van der Waals surface area (Å²) < 4.78 is 16.1. The lowest BCUT2D eigenvalue weighted by Gasteiger charge is -2.06. The molecule has 5 heteroatoms. The third kappa shape index (κ3) is 1.76. The maximum atomic E-state index is 5.59. The molecule has 0 aromatic heterocycles. The maximum Gasteiger partial charge on any atom is 0.231 e. The van der Waals surface area contributed by atoms with Gasteiger partial charge in [0.2, 0.25) is 6.79 Å². The van der Waals surface area contributed by atoms with Gasteiger partial charge in [0.25, 0.3) is 0 Å². The van der Waals surface area contributed by atoms with Crippen LogP contribution in [0.4, 0.5) is 0 Å². The molecule has 0 spiro atoms. The van der Waals surface area contributed by atoms with Gasteiger partial charge in [0.05, 0.1) is 6.54 Å². The number of amidine groups is 1. The van der Waals surface area contributed by atoms with Gasteiger partial charge in [-0.1, -0.05) is 0 Å². The lowest BCUT2D eigenvalue weighted by Crippen LogP contribution is -2.24. The van der Waals surface area contributed by atoms with Crippen molar-refractivity contribution >= 4 is 5.84 Å². The van der Waals surface area contributed by atoms with Crippen LogP contribution in [0.15, 0.2) is 23.2 Å². The maximum absolute atomic E-state index is 5.59. The molecule has 84 valence electrons. The molecule has 0 saturated heterocycles. The Balaban J connectivity index is 1.66. The first kappa shape index (κ1) is 9.33. The highest BCUT2D eigenvalue weighted by molar-refractivity contribution is 5.85. The Bertz CT molecular complexity index is 431. The van der Waals surface area contributed by atoms with Crippen LogP contribution in [0.1, 0.15) is 0 Å². The van der Waals surface area contributed by atoms with Crippen molar-refractivity contribution in [3.63, 3.8) is 0 Å². The minimum absolute atomic E-state index is 0.285. The number of rotatable bonds is 3. The summed E-state index contributed by atoms with van der Waals surface area (Å²) in [4.78, 5) is 4.25. The molecule has 0 radical (unpaired) electrons. The van der Waals surface area contributed by atoms with Crippen LogP contribution in [-0.4, -0.2) is 32.3 Å². The summed E-state index contributed by atoms with van der Waals surface area (Å²) in [6.45, 7) is 2.49. The first-order chi connectivity index (χ1) is 7.92. The summed E-state index contributed by atoms with van der Waals surface area (Å²) in [5.74, 6) is 3.17. The van der Waals surface area contributed by atoms with Crippen LogP contribution in [0, 0.1) is 0 Å². The SMILES string of the molecule is c1cc2c(cc1OCC1=NCCN1)OCO2. The van der Waals surface area contributed by atoms with E-state index >= 15 is 0 Å². The van der Waals surface area contributed by atoms with E-state index < -0.39 is 0 Å². The van der Waals surface area contributed by atoms with Crippen LogP contribution < -0.4 is 19.5 Å². The van der Waals surface area contributed by atoms with E-state index in [1.807, 2.05) is 18.2 Å². The van der Waals surface area contributed by atoms with Gasteiger partial charge in [-0.05, 0) is 12.1 Å². The normalized spacial score (nSPS) is 16.9. The predicted molar refractivity (Wildman–Crippen MR) is 58.4 cm³/mol. The van der Waals surface area contributed by atoms with Gasteiger partial charge in [-0.3, -0.25) is 4.99 Å². The third-order valence-electron chi connectivity index (χ3n) is 2.46. The summed E-state index contributed by atoms with van der Waals surface area (Å²) in [5, 5.41) is 3.15. The zero-order chi connectivity index (χ0) is 10.8. The van der Waals surface area contributed by atoms with Crippen LogP contribution >= 0.6 is 0 Å². The molecule has 0 unspecified atom stereocenters. The number of benzene rings is 1. The van der Waals surface area contributed by atoms with Gasteiger partial charge in [-0.15, -0.1) is 0 Å². The minimum Gasteiger partial charge on any atom is -0.486 e. The molecule has 16 heavy (non-hydrogen) atoms. The highest BCUT2D eigenvalue weighted by atomic mass is 16.7. The van der Waals surface area contributed by atoms with E-state index in [9.17, 15) is 0 Å². The Hall–Kier alpha value is -1.91. The van der Waals surface area contributed by atoms with E-state index in [-0.39, 0.29) is 6.79 Å². The fourth-order valence-electron chi connectivity index (χ4n) is 1.66. The standard InChI is InChI=1S/C11H12N2O3/c1-2-9-10(16-7-15-9)5-8(1)14-6-11-12-3-4-13-11/h1-2,5H,3-4,6-7H2,(H,12,13). The predicted octanol–water partition coefficient (Wildman–Crippen LogP) is 0.796. The van der Waals surface area contributed by atoms with Gasteiger partial charge < -0.3 is 19.5 Å². The second-order valence-electron chi connectivity index (χ2n) is 3.56.